The molecule has 0 bridgehead atoms. The molecule has 2 aromatic heterocycles. The van der Waals surface area contributed by atoms with Gasteiger partial charge < -0.3 is 10.4 Å². The number of aliphatic hydroxyl groups excluding tert-OH is 1. The molecule has 96 valence electrons. The first kappa shape index (κ1) is 11.7. The van der Waals surface area contributed by atoms with Gasteiger partial charge in [-0.25, -0.2) is 4.98 Å². The topological polar surface area (TPSA) is 66.6 Å². The van der Waals surface area contributed by atoms with Gasteiger partial charge in [0.25, 0.3) is 0 Å². The first-order chi connectivity index (χ1) is 8.70. The van der Waals surface area contributed by atoms with Gasteiger partial charge in [-0.15, -0.1) is 11.3 Å². The van der Waals surface area contributed by atoms with E-state index in [-0.39, 0.29) is 12.0 Å². The van der Waals surface area contributed by atoms with Gasteiger partial charge in [0.1, 0.15) is 0 Å². The number of aliphatic hydroxyl groups is 1. The summed E-state index contributed by atoms with van der Waals surface area (Å²) in [6.07, 6.45) is 5.60. The second-order valence-electron chi connectivity index (χ2n) is 4.80. The molecule has 5 nitrogen and oxygen atoms in total. The second kappa shape index (κ2) is 4.70. The van der Waals surface area contributed by atoms with E-state index >= 15 is 0 Å². The van der Waals surface area contributed by atoms with Crippen LogP contribution in [0.1, 0.15) is 18.5 Å². The quantitative estimate of drug-likeness (QED) is 0.860. The van der Waals surface area contributed by atoms with Crippen molar-refractivity contribution in [3.63, 3.8) is 0 Å². The number of imidazole rings is 1. The fraction of sp³-hybridized carbons (Fsp3) is 0.500. The molecular weight excluding hydrogens is 250 g/mol. The number of nitrogens with one attached hydrogen (secondary N) is 1. The summed E-state index contributed by atoms with van der Waals surface area (Å²) in [5, 5.41) is 14.0. The van der Waals surface area contributed by atoms with Crippen molar-refractivity contribution in [2.75, 3.05) is 6.54 Å². The summed E-state index contributed by atoms with van der Waals surface area (Å²) in [5.74, 6) is 0.441. The molecule has 0 aliphatic heterocycles. The van der Waals surface area contributed by atoms with E-state index in [1.807, 2.05) is 22.2 Å². The molecule has 1 aliphatic carbocycles. The van der Waals surface area contributed by atoms with E-state index in [0.717, 1.165) is 23.5 Å². The van der Waals surface area contributed by atoms with Gasteiger partial charge in [-0.1, -0.05) is 0 Å². The van der Waals surface area contributed by atoms with Gasteiger partial charge in [-0.3, -0.25) is 9.20 Å². The Hall–Kier alpha value is -1.40. The zero-order chi connectivity index (χ0) is 12.5. The van der Waals surface area contributed by atoms with Crippen LogP contribution in [-0.4, -0.2) is 33.0 Å². The third kappa shape index (κ3) is 2.39. The van der Waals surface area contributed by atoms with E-state index in [9.17, 15) is 4.79 Å². The van der Waals surface area contributed by atoms with Crippen molar-refractivity contribution in [2.24, 2.45) is 5.92 Å². The third-order valence-electron chi connectivity index (χ3n) is 3.28. The number of carbonyl (C=O) groups excluding carboxylic acids is 1. The maximum absolute atomic E-state index is 11.7. The van der Waals surface area contributed by atoms with Gasteiger partial charge in [-0.2, -0.15) is 0 Å². The van der Waals surface area contributed by atoms with Crippen molar-refractivity contribution < 1.29 is 9.90 Å². The van der Waals surface area contributed by atoms with Crippen LogP contribution in [0.2, 0.25) is 0 Å². The number of amides is 1. The molecule has 18 heavy (non-hydrogen) atoms. The molecule has 0 radical (unpaired) electrons. The highest BCUT2D eigenvalue weighted by atomic mass is 32.1. The molecule has 2 aromatic rings. The van der Waals surface area contributed by atoms with Gasteiger partial charge in [0.05, 0.1) is 18.2 Å². The lowest BCUT2D eigenvalue weighted by molar-refractivity contribution is -0.121. The molecule has 6 heteroatoms. The normalized spacial score (nSPS) is 22.9. The van der Waals surface area contributed by atoms with Crippen molar-refractivity contribution in [3.05, 3.63) is 23.5 Å². The first-order valence-electron chi connectivity index (χ1n) is 6.06. The largest absolute Gasteiger partial charge is 0.393 e. The Bertz CT molecular complexity index is 528. The van der Waals surface area contributed by atoms with E-state index in [1.165, 1.54) is 0 Å². The number of rotatable bonds is 4. The number of thiazole rings is 1. The lowest BCUT2D eigenvalue weighted by atomic mass is 9.82. The highest BCUT2D eigenvalue weighted by Gasteiger charge is 2.27. The van der Waals surface area contributed by atoms with E-state index < -0.39 is 0 Å². The van der Waals surface area contributed by atoms with Crippen LogP contribution in [0.15, 0.2) is 17.8 Å². The van der Waals surface area contributed by atoms with Gasteiger partial charge in [0, 0.05) is 24.3 Å². The number of aromatic nitrogens is 2. The summed E-state index contributed by atoms with van der Waals surface area (Å²) in [5.41, 5.74) is 0.799. The maximum Gasteiger partial charge on any atom is 0.226 e. The van der Waals surface area contributed by atoms with Gasteiger partial charge in [-0.05, 0) is 18.8 Å². The second-order valence-corrected chi connectivity index (χ2v) is 5.67. The van der Waals surface area contributed by atoms with Gasteiger partial charge >= 0.3 is 0 Å². The minimum absolute atomic E-state index is 0.00198. The summed E-state index contributed by atoms with van der Waals surface area (Å²) in [6, 6.07) is 0. The molecule has 0 unspecified atom stereocenters. The molecule has 2 N–H and O–H groups in total. The Morgan fingerprint density at radius 2 is 2.44 bits per heavy atom. The van der Waals surface area contributed by atoms with Crippen molar-refractivity contribution in [2.45, 2.75) is 25.4 Å². The molecule has 1 fully saturated rings. The van der Waals surface area contributed by atoms with Crippen molar-refractivity contribution >= 4 is 22.2 Å². The predicted octanol–water partition coefficient (Wildman–Crippen LogP) is 0.825. The van der Waals surface area contributed by atoms with Gasteiger partial charge in [0.2, 0.25) is 5.91 Å². The SMILES string of the molecule is O=C(Cc1cn2ccsc2n1)NCC1CC(O)C1. The van der Waals surface area contributed by atoms with Crippen LogP contribution in [0, 0.1) is 5.92 Å². The van der Waals surface area contributed by atoms with Crippen LogP contribution in [0.25, 0.3) is 4.96 Å². The first-order valence-corrected chi connectivity index (χ1v) is 6.94. The standard InChI is InChI=1S/C12H15N3O2S/c16-10-3-8(4-10)6-13-11(17)5-9-7-15-1-2-18-12(15)14-9/h1-2,7-8,10,16H,3-6H2,(H,13,17). The Morgan fingerprint density at radius 1 is 1.61 bits per heavy atom. The Labute approximate surface area is 108 Å². The highest BCUT2D eigenvalue weighted by Crippen LogP contribution is 2.26. The highest BCUT2D eigenvalue weighted by molar-refractivity contribution is 7.15. The number of fused-ring (bicyclic) bond motifs is 1. The summed E-state index contributed by atoms with van der Waals surface area (Å²) < 4.78 is 1.93. The van der Waals surface area contributed by atoms with Crippen LogP contribution < -0.4 is 5.32 Å². The molecule has 0 aromatic carbocycles. The summed E-state index contributed by atoms with van der Waals surface area (Å²) in [7, 11) is 0. The van der Waals surface area contributed by atoms with Crippen molar-refractivity contribution in [1.82, 2.24) is 14.7 Å². The zero-order valence-electron chi connectivity index (χ0n) is 9.87. The summed E-state index contributed by atoms with van der Waals surface area (Å²) in [4.78, 5) is 17.0. The summed E-state index contributed by atoms with van der Waals surface area (Å²) in [6.45, 7) is 0.665. The fourth-order valence-electron chi connectivity index (χ4n) is 2.21. The molecule has 0 atom stereocenters. The van der Waals surface area contributed by atoms with Crippen LogP contribution in [0.5, 0.6) is 0 Å². The summed E-state index contributed by atoms with van der Waals surface area (Å²) >= 11 is 1.56. The molecule has 1 aliphatic rings. The van der Waals surface area contributed by atoms with Crippen molar-refractivity contribution in [3.8, 4) is 0 Å². The number of hydrogen-bond acceptors (Lipinski definition) is 4. The van der Waals surface area contributed by atoms with Gasteiger partial charge in [0.15, 0.2) is 4.96 Å². The third-order valence-corrected chi connectivity index (χ3v) is 4.05. The molecule has 1 saturated carbocycles. The maximum atomic E-state index is 11.7. The smallest absolute Gasteiger partial charge is 0.226 e. The average Bonchev–Trinajstić information content (AvgIpc) is 2.83. The zero-order valence-corrected chi connectivity index (χ0v) is 10.7. The molecule has 2 heterocycles. The molecular formula is C12H15N3O2S. The van der Waals surface area contributed by atoms with Crippen LogP contribution >= 0.6 is 11.3 Å². The fourth-order valence-corrected chi connectivity index (χ4v) is 2.93. The van der Waals surface area contributed by atoms with Crippen LogP contribution in [0.3, 0.4) is 0 Å². The monoisotopic (exact) mass is 265 g/mol. The number of carbonyl (C=O) groups is 1. The average molecular weight is 265 g/mol. The van der Waals surface area contributed by atoms with Crippen molar-refractivity contribution in [1.29, 1.82) is 0 Å². The molecule has 1 amide bonds. The lowest BCUT2D eigenvalue weighted by Gasteiger charge is -2.31. The van der Waals surface area contributed by atoms with E-state index in [1.54, 1.807) is 11.3 Å². The lowest BCUT2D eigenvalue weighted by Crippen LogP contribution is -2.38. The number of nitrogens with zero attached hydrogens (tertiary/aromatic N) is 2. The van der Waals surface area contributed by atoms with Crippen LogP contribution in [-0.2, 0) is 11.2 Å². The van der Waals surface area contributed by atoms with E-state index in [0.29, 0.717) is 18.9 Å². The Kier molecular flexibility index (Phi) is 3.05. The van der Waals surface area contributed by atoms with Crippen LogP contribution in [0.4, 0.5) is 0 Å². The minimum Gasteiger partial charge on any atom is -0.393 e. The Morgan fingerprint density at radius 3 is 3.17 bits per heavy atom. The molecule has 0 spiro atoms. The number of hydrogen-bond donors (Lipinski definition) is 2. The Balaban J connectivity index is 1.50. The van der Waals surface area contributed by atoms with E-state index in [4.69, 9.17) is 5.11 Å². The molecule has 0 saturated heterocycles. The molecule has 3 rings (SSSR count). The minimum atomic E-state index is -0.160. The predicted molar refractivity (Wildman–Crippen MR) is 68.5 cm³/mol. The van der Waals surface area contributed by atoms with E-state index in [2.05, 4.69) is 10.3 Å².